The molecule has 2 N–H and O–H groups in total. The molecule has 0 aliphatic heterocycles. The number of methoxy groups -OCH3 is 1. The summed E-state index contributed by atoms with van der Waals surface area (Å²) < 4.78 is 9.39. The largest absolute Gasteiger partial charge is 0.466 e. The second kappa shape index (κ2) is 3.97. The summed E-state index contributed by atoms with van der Waals surface area (Å²) >= 11 is 0. The van der Waals surface area contributed by atoms with Crippen molar-refractivity contribution >= 4 is 0 Å². The highest BCUT2D eigenvalue weighted by Gasteiger charge is 1.92. The van der Waals surface area contributed by atoms with Gasteiger partial charge in [0.2, 0.25) is 0 Å². The van der Waals surface area contributed by atoms with Crippen molar-refractivity contribution in [2.24, 2.45) is 5.73 Å². The van der Waals surface area contributed by atoms with E-state index in [1.54, 1.807) is 0 Å². The normalized spacial score (nSPS) is 8.56. The van der Waals surface area contributed by atoms with Crippen molar-refractivity contribution in [1.82, 2.24) is 0 Å². The Hall–Kier alpha value is -0.960. The number of hydrogen-bond donors (Lipinski definition) is 1. The Balaban J connectivity index is 3.39. The Bertz CT molecular complexity index is 120. The molecule has 0 aromatic heterocycles. The topological polar surface area (TPSA) is 44.5 Å². The third-order valence-electron chi connectivity index (χ3n) is 0.709. The lowest BCUT2D eigenvalue weighted by Crippen LogP contribution is -2.03. The van der Waals surface area contributed by atoms with Crippen molar-refractivity contribution in [3.63, 3.8) is 0 Å². The average molecular weight is 129 g/mol. The van der Waals surface area contributed by atoms with Gasteiger partial charge in [0.1, 0.15) is 5.76 Å². The SMILES string of the molecule is C=C(N)C(=C)OCOC. The van der Waals surface area contributed by atoms with Gasteiger partial charge in [0, 0.05) is 7.11 Å². The molecular formula is C6H11NO2. The van der Waals surface area contributed by atoms with Crippen LogP contribution in [0.2, 0.25) is 0 Å². The highest BCUT2D eigenvalue weighted by molar-refractivity contribution is 5.14. The van der Waals surface area contributed by atoms with Crippen LogP contribution < -0.4 is 5.73 Å². The molecular weight excluding hydrogens is 118 g/mol. The Morgan fingerprint density at radius 3 is 2.44 bits per heavy atom. The zero-order valence-electron chi connectivity index (χ0n) is 5.52. The maximum atomic E-state index is 5.20. The lowest BCUT2D eigenvalue weighted by Gasteiger charge is -2.05. The van der Waals surface area contributed by atoms with Gasteiger partial charge in [-0.15, -0.1) is 0 Å². The lowest BCUT2D eigenvalue weighted by atomic mass is 10.4. The molecule has 3 nitrogen and oxygen atoms in total. The quantitative estimate of drug-likeness (QED) is 0.343. The van der Waals surface area contributed by atoms with Crippen LogP contribution in [0.4, 0.5) is 0 Å². The maximum Gasteiger partial charge on any atom is 0.188 e. The number of rotatable bonds is 4. The summed E-state index contributed by atoms with van der Waals surface area (Å²) in [4.78, 5) is 0. The summed E-state index contributed by atoms with van der Waals surface area (Å²) in [6.07, 6.45) is 0. The summed E-state index contributed by atoms with van der Waals surface area (Å²) in [5, 5.41) is 0. The van der Waals surface area contributed by atoms with Crippen LogP contribution in [0.25, 0.3) is 0 Å². The molecule has 0 aromatic carbocycles. The summed E-state index contributed by atoms with van der Waals surface area (Å²) in [7, 11) is 1.52. The molecule has 0 radical (unpaired) electrons. The minimum Gasteiger partial charge on any atom is -0.466 e. The minimum absolute atomic E-state index is 0.162. The molecule has 0 unspecified atom stereocenters. The van der Waals surface area contributed by atoms with Crippen molar-refractivity contribution < 1.29 is 9.47 Å². The Morgan fingerprint density at radius 2 is 2.11 bits per heavy atom. The van der Waals surface area contributed by atoms with Gasteiger partial charge in [-0.05, 0) is 0 Å². The van der Waals surface area contributed by atoms with Crippen molar-refractivity contribution in [1.29, 1.82) is 0 Å². The van der Waals surface area contributed by atoms with E-state index in [9.17, 15) is 0 Å². The number of hydrogen-bond acceptors (Lipinski definition) is 3. The molecule has 0 spiro atoms. The zero-order chi connectivity index (χ0) is 7.28. The highest BCUT2D eigenvalue weighted by atomic mass is 16.7. The molecule has 0 saturated carbocycles. The fourth-order valence-electron chi connectivity index (χ4n) is 0.223. The van der Waals surface area contributed by atoms with Crippen LogP contribution in [-0.4, -0.2) is 13.9 Å². The molecule has 0 amide bonds. The summed E-state index contributed by atoms with van der Waals surface area (Å²) in [6.45, 7) is 7.03. The molecule has 3 heteroatoms. The van der Waals surface area contributed by atoms with Crippen molar-refractivity contribution in [3.05, 3.63) is 24.6 Å². The van der Waals surface area contributed by atoms with Gasteiger partial charge in [0.15, 0.2) is 6.79 Å². The van der Waals surface area contributed by atoms with Crippen LogP contribution in [0.3, 0.4) is 0 Å². The molecule has 0 bridgehead atoms. The Morgan fingerprint density at radius 1 is 1.56 bits per heavy atom. The predicted octanol–water partition coefficient (Wildman–Crippen LogP) is 0.593. The summed E-state index contributed by atoms with van der Waals surface area (Å²) in [5.41, 5.74) is 5.53. The molecule has 0 atom stereocenters. The van der Waals surface area contributed by atoms with Gasteiger partial charge >= 0.3 is 0 Å². The Kier molecular flexibility index (Phi) is 3.55. The van der Waals surface area contributed by atoms with Crippen LogP contribution >= 0.6 is 0 Å². The van der Waals surface area contributed by atoms with E-state index in [0.717, 1.165) is 0 Å². The van der Waals surface area contributed by atoms with E-state index in [-0.39, 0.29) is 6.79 Å². The second-order valence-electron chi connectivity index (χ2n) is 1.50. The monoisotopic (exact) mass is 129 g/mol. The van der Waals surface area contributed by atoms with Gasteiger partial charge in [-0.1, -0.05) is 13.2 Å². The van der Waals surface area contributed by atoms with E-state index in [1.807, 2.05) is 0 Å². The minimum atomic E-state index is 0.162. The first-order chi connectivity index (χ1) is 4.18. The van der Waals surface area contributed by atoms with Crippen molar-refractivity contribution in [2.45, 2.75) is 0 Å². The van der Waals surface area contributed by atoms with E-state index in [0.29, 0.717) is 11.5 Å². The molecule has 0 aromatic rings. The van der Waals surface area contributed by atoms with Crippen LogP contribution in [0.5, 0.6) is 0 Å². The molecule has 0 saturated heterocycles. The third-order valence-corrected chi connectivity index (χ3v) is 0.709. The van der Waals surface area contributed by atoms with Gasteiger partial charge in [0.25, 0.3) is 0 Å². The van der Waals surface area contributed by atoms with Crippen molar-refractivity contribution in [3.8, 4) is 0 Å². The molecule has 0 aliphatic rings. The van der Waals surface area contributed by atoms with Gasteiger partial charge < -0.3 is 15.2 Å². The van der Waals surface area contributed by atoms with E-state index in [4.69, 9.17) is 10.5 Å². The molecule has 52 valence electrons. The first-order valence-corrected chi connectivity index (χ1v) is 2.44. The second-order valence-corrected chi connectivity index (χ2v) is 1.50. The average Bonchev–Trinajstić information content (AvgIpc) is 1.82. The first kappa shape index (κ1) is 8.04. The molecule has 9 heavy (non-hydrogen) atoms. The fraction of sp³-hybridized carbons (Fsp3) is 0.333. The van der Waals surface area contributed by atoms with Crippen LogP contribution in [0, 0.1) is 0 Å². The van der Waals surface area contributed by atoms with Crippen LogP contribution in [-0.2, 0) is 9.47 Å². The van der Waals surface area contributed by atoms with Gasteiger partial charge in [0.05, 0.1) is 5.70 Å². The number of nitrogens with two attached hydrogens (primary N) is 1. The van der Waals surface area contributed by atoms with Crippen LogP contribution in [0.15, 0.2) is 24.6 Å². The van der Waals surface area contributed by atoms with Gasteiger partial charge in [-0.25, -0.2) is 0 Å². The Labute approximate surface area is 54.8 Å². The first-order valence-electron chi connectivity index (χ1n) is 2.44. The standard InChI is InChI=1S/C6H11NO2/c1-5(7)6(2)9-4-8-3/h1-2,4,7H2,3H3. The maximum absolute atomic E-state index is 5.20. The lowest BCUT2D eigenvalue weighted by molar-refractivity contribution is 0.00897. The zero-order valence-corrected chi connectivity index (χ0v) is 5.52. The van der Waals surface area contributed by atoms with Gasteiger partial charge in [-0.2, -0.15) is 0 Å². The van der Waals surface area contributed by atoms with E-state index >= 15 is 0 Å². The molecule has 0 rings (SSSR count). The highest BCUT2D eigenvalue weighted by Crippen LogP contribution is 1.98. The molecule has 0 fully saturated rings. The smallest absolute Gasteiger partial charge is 0.188 e. The predicted molar refractivity (Wildman–Crippen MR) is 35.4 cm³/mol. The van der Waals surface area contributed by atoms with E-state index < -0.39 is 0 Å². The summed E-state index contributed by atoms with van der Waals surface area (Å²) in [5.74, 6) is 0.358. The van der Waals surface area contributed by atoms with E-state index in [1.165, 1.54) is 7.11 Å². The van der Waals surface area contributed by atoms with E-state index in [2.05, 4.69) is 17.9 Å². The van der Waals surface area contributed by atoms with Crippen LogP contribution in [0.1, 0.15) is 0 Å². The molecule has 0 aliphatic carbocycles. The molecule has 0 heterocycles. The third kappa shape index (κ3) is 3.61. The van der Waals surface area contributed by atoms with Gasteiger partial charge in [-0.3, -0.25) is 0 Å². The summed E-state index contributed by atoms with van der Waals surface area (Å²) in [6, 6.07) is 0. The number of ether oxygens (including phenoxy) is 2. The fourth-order valence-corrected chi connectivity index (χ4v) is 0.223. The van der Waals surface area contributed by atoms with Crippen molar-refractivity contribution in [2.75, 3.05) is 13.9 Å².